The van der Waals surface area contributed by atoms with Crippen LogP contribution >= 0.6 is 0 Å². The van der Waals surface area contributed by atoms with Crippen LogP contribution in [0, 0.1) is 28.9 Å². The molecule has 0 aromatic heterocycles. The van der Waals surface area contributed by atoms with Crippen molar-refractivity contribution in [2.24, 2.45) is 5.92 Å². The van der Waals surface area contributed by atoms with Gasteiger partial charge >= 0.3 is 0 Å². The number of nitrogens with one attached hydrogen (secondary N) is 1. The van der Waals surface area contributed by atoms with Crippen LogP contribution in [-0.2, 0) is 14.9 Å². The fourth-order valence-corrected chi connectivity index (χ4v) is 3.46. The Morgan fingerprint density at radius 3 is 2.59 bits per heavy atom. The molecule has 1 unspecified atom stereocenters. The van der Waals surface area contributed by atoms with Crippen LogP contribution in [0.15, 0.2) is 18.2 Å². The van der Waals surface area contributed by atoms with Crippen LogP contribution < -0.4 is 5.32 Å². The molecule has 27 heavy (non-hydrogen) atoms. The summed E-state index contributed by atoms with van der Waals surface area (Å²) in [6.45, 7) is 5.68. The van der Waals surface area contributed by atoms with Crippen LogP contribution in [0.1, 0.15) is 32.3 Å². The predicted molar refractivity (Wildman–Crippen MR) is 98.0 cm³/mol. The molecule has 2 rings (SSSR count). The third-order valence-corrected chi connectivity index (χ3v) is 5.09. The normalized spacial score (nSPS) is 18.1. The minimum Gasteiger partial charge on any atom is -0.383 e. The molecule has 148 valence electrons. The van der Waals surface area contributed by atoms with Gasteiger partial charge in [-0.1, -0.05) is 26.0 Å². The number of hydrogen-bond acceptors (Lipinski definition) is 4. The molecule has 0 spiro atoms. The highest BCUT2D eigenvalue weighted by atomic mass is 19.2. The molecule has 0 radical (unpaired) electrons. The molecular formula is C20H27F2N3O2. The first-order chi connectivity index (χ1) is 12.8. The van der Waals surface area contributed by atoms with E-state index in [1.807, 2.05) is 18.7 Å². The number of likely N-dealkylation sites (tertiary alicyclic amines) is 1. The number of carbonyl (C=O) groups excluding carboxylic acids is 1. The highest BCUT2D eigenvalue weighted by Crippen LogP contribution is 2.37. The number of rotatable bonds is 7. The molecule has 1 fully saturated rings. The van der Waals surface area contributed by atoms with E-state index in [-0.39, 0.29) is 18.1 Å². The summed E-state index contributed by atoms with van der Waals surface area (Å²) >= 11 is 0. The van der Waals surface area contributed by atoms with Gasteiger partial charge in [-0.2, -0.15) is 5.26 Å². The lowest BCUT2D eigenvalue weighted by atomic mass is 9.73. The highest BCUT2D eigenvalue weighted by molar-refractivity contribution is 5.82. The summed E-state index contributed by atoms with van der Waals surface area (Å²) in [5.74, 6) is -1.70. The second-order valence-corrected chi connectivity index (χ2v) is 7.44. The number of halogens is 2. The lowest BCUT2D eigenvalue weighted by Gasteiger charge is -2.40. The van der Waals surface area contributed by atoms with Gasteiger partial charge < -0.3 is 10.1 Å². The molecule has 1 amide bonds. The molecule has 1 saturated heterocycles. The standard InChI is InChI=1S/C20H27F2N3O2/c1-14(2)11-24-19(26)17(12-27-3)25-9-7-20(13-23,8-10-25)15-5-4-6-16(21)18(15)22/h4-6,14,17H,7-12H2,1-3H3,(H,24,26). The number of carbonyl (C=O) groups is 1. The summed E-state index contributed by atoms with van der Waals surface area (Å²) in [6.07, 6.45) is 0.642. The van der Waals surface area contributed by atoms with Crippen molar-refractivity contribution in [3.63, 3.8) is 0 Å². The number of benzene rings is 1. The second kappa shape index (κ2) is 9.25. The first kappa shape index (κ1) is 21.3. The summed E-state index contributed by atoms with van der Waals surface area (Å²) in [6, 6.07) is 5.67. The van der Waals surface area contributed by atoms with Gasteiger partial charge in [0.2, 0.25) is 5.91 Å². The molecule has 1 N–H and O–H groups in total. The highest BCUT2D eigenvalue weighted by Gasteiger charge is 2.41. The molecule has 0 aliphatic carbocycles. The first-order valence-corrected chi connectivity index (χ1v) is 9.21. The fraction of sp³-hybridized carbons (Fsp3) is 0.600. The van der Waals surface area contributed by atoms with Crippen LogP contribution in [0.4, 0.5) is 8.78 Å². The minimum absolute atomic E-state index is 0.0946. The van der Waals surface area contributed by atoms with E-state index in [1.165, 1.54) is 19.2 Å². The molecule has 1 atom stereocenters. The third-order valence-electron chi connectivity index (χ3n) is 5.09. The minimum atomic E-state index is -1.09. The average Bonchev–Trinajstić information content (AvgIpc) is 2.66. The maximum absolute atomic E-state index is 14.3. The Bertz CT molecular complexity index is 695. The van der Waals surface area contributed by atoms with Crippen molar-refractivity contribution in [3.8, 4) is 6.07 Å². The topological polar surface area (TPSA) is 65.4 Å². The van der Waals surface area contributed by atoms with Gasteiger partial charge in [0.05, 0.1) is 18.1 Å². The Kier molecular flexibility index (Phi) is 7.28. The Hall–Kier alpha value is -2.04. The second-order valence-electron chi connectivity index (χ2n) is 7.44. The number of nitriles is 1. The zero-order valence-electron chi connectivity index (χ0n) is 16.1. The molecule has 5 nitrogen and oxygen atoms in total. The van der Waals surface area contributed by atoms with E-state index in [4.69, 9.17) is 4.74 Å². The van der Waals surface area contributed by atoms with Gasteiger partial charge in [-0.25, -0.2) is 8.78 Å². The monoisotopic (exact) mass is 379 g/mol. The number of methoxy groups -OCH3 is 1. The quantitative estimate of drug-likeness (QED) is 0.791. The van der Waals surface area contributed by atoms with Gasteiger partial charge in [0.15, 0.2) is 11.6 Å². The number of nitrogens with zero attached hydrogens (tertiary/aromatic N) is 2. The zero-order valence-corrected chi connectivity index (χ0v) is 16.1. The summed E-state index contributed by atoms with van der Waals surface area (Å²) in [7, 11) is 1.54. The fourth-order valence-electron chi connectivity index (χ4n) is 3.46. The smallest absolute Gasteiger partial charge is 0.239 e. The van der Waals surface area contributed by atoms with Crippen molar-refractivity contribution in [3.05, 3.63) is 35.4 Å². The Morgan fingerprint density at radius 1 is 1.37 bits per heavy atom. The van der Waals surface area contributed by atoms with Crippen LogP contribution in [0.25, 0.3) is 0 Å². The Balaban J connectivity index is 2.14. The van der Waals surface area contributed by atoms with E-state index in [1.54, 1.807) is 0 Å². The third kappa shape index (κ3) is 4.82. The molecule has 1 heterocycles. The molecule has 1 aromatic rings. The van der Waals surface area contributed by atoms with Gasteiger partial charge in [0, 0.05) is 32.3 Å². The van der Waals surface area contributed by atoms with E-state index in [2.05, 4.69) is 11.4 Å². The van der Waals surface area contributed by atoms with Crippen molar-refractivity contribution in [2.75, 3.05) is 33.4 Å². The van der Waals surface area contributed by atoms with E-state index in [0.29, 0.717) is 38.4 Å². The molecular weight excluding hydrogens is 352 g/mol. The molecule has 0 bridgehead atoms. The molecule has 7 heteroatoms. The van der Waals surface area contributed by atoms with Crippen LogP contribution in [-0.4, -0.2) is 50.2 Å². The van der Waals surface area contributed by atoms with E-state index in [9.17, 15) is 18.8 Å². The van der Waals surface area contributed by atoms with Gasteiger partial charge in [0.1, 0.15) is 6.04 Å². The van der Waals surface area contributed by atoms with Crippen molar-refractivity contribution in [1.82, 2.24) is 10.2 Å². The SMILES string of the molecule is COCC(C(=O)NCC(C)C)N1CCC(C#N)(c2cccc(F)c2F)CC1. The van der Waals surface area contributed by atoms with E-state index < -0.39 is 23.1 Å². The molecule has 1 aromatic carbocycles. The number of ether oxygens (including phenoxy) is 1. The molecule has 1 aliphatic rings. The van der Waals surface area contributed by atoms with E-state index in [0.717, 1.165) is 6.07 Å². The molecule has 1 aliphatic heterocycles. The lowest BCUT2D eigenvalue weighted by Crippen LogP contribution is -2.54. The van der Waals surface area contributed by atoms with E-state index >= 15 is 0 Å². The largest absolute Gasteiger partial charge is 0.383 e. The molecule has 0 saturated carbocycles. The summed E-state index contributed by atoms with van der Waals surface area (Å²) in [5.41, 5.74) is -0.994. The number of amides is 1. The average molecular weight is 379 g/mol. The van der Waals surface area contributed by atoms with Crippen LogP contribution in [0.5, 0.6) is 0 Å². The number of piperidine rings is 1. The van der Waals surface area contributed by atoms with Crippen molar-refractivity contribution >= 4 is 5.91 Å². The van der Waals surface area contributed by atoms with Crippen LogP contribution in [0.3, 0.4) is 0 Å². The Labute approximate surface area is 159 Å². The predicted octanol–water partition coefficient (Wildman–Crippen LogP) is 2.61. The van der Waals surface area contributed by atoms with Gasteiger partial charge in [-0.05, 0) is 24.8 Å². The van der Waals surface area contributed by atoms with Crippen LogP contribution in [0.2, 0.25) is 0 Å². The van der Waals surface area contributed by atoms with Gasteiger partial charge in [0.25, 0.3) is 0 Å². The maximum Gasteiger partial charge on any atom is 0.239 e. The summed E-state index contributed by atoms with van der Waals surface area (Å²) in [5, 5.41) is 12.6. The summed E-state index contributed by atoms with van der Waals surface area (Å²) in [4.78, 5) is 14.5. The lowest BCUT2D eigenvalue weighted by molar-refractivity contribution is -0.129. The number of hydrogen-bond donors (Lipinski definition) is 1. The first-order valence-electron chi connectivity index (χ1n) is 9.21. The maximum atomic E-state index is 14.3. The van der Waals surface area contributed by atoms with Gasteiger partial charge in [-0.3, -0.25) is 9.69 Å². The van der Waals surface area contributed by atoms with Gasteiger partial charge in [-0.15, -0.1) is 0 Å². The summed E-state index contributed by atoms with van der Waals surface area (Å²) < 4.78 is 33.1. The van der Waals surface area contributed by atoms with Crippen molar-refractivity contribution in [1.29, 1.82) is 5.26 Å². The van der Waals surface area contributed by atoms with Crippen molar-refractivity contribution < 1.29 is 18.3 Å². The van der Waals surface area contributed by atoms with Crippen molar-refractivity contribution in [2.45, 2.75) is 38.1 Å². The Morgan fingerprint density at radius 2 is 2.04 bits per heavy atom. The zero-order chi connectivity index (χ0) is 20.0.